The lowest BCUT2D eigenvalue weighted by molar-refractivity contribution is 1.12. The first kappa shape index (κ1) is 11.7. The third-order valence-corrected chi connectivity index (χ3v) is 2.70. The molecule has 0 radical (unpaired) electrons. The van der Waals surface area contributed by atoms with Crippen molar-refractivity contribution in [3.05, 3.63) is 41.2 Å². The number of benzene rings is 1. The Balaban J connectivity index is 2.54. The van der Waals surface area contributed by atoms with Gasteiger partial charge in [0.25, 0.3) is 0 Å². The lowest BCUT2D eigenvalue weighted by Crippen LogP contribution is -1.86. The Morgan fingerprint density at radius 2 is 2.00 bits per heavy atom. The van der Waals surface area contributed by atoms with Gasteiger partial charge in [0.2, 0.25) is 0 Å². The molecule has 15 heavy (non-hydrogen) atoms. The van der Waals surface area contributed by atoms with Crippen molar-refractivity contribution in [1.82, 2.24) is 0 Å². The SMILES string of the molecule is [C-]#[N+]c1ccc(C#CCSC(C)C)cc1. The molecule has 0 heterocycles. The fourth-order valence-electron chi connectivity index (χ4n) is 0.966. The molecule has 1 aromatic rings. The third-order valence-electron chi connectivity index (χ3n) is 1.72. The molecule has 0 saturated heterocycles. The van der Waals surface area contributed by atoms with Crippen LogP contribution in [0.15, 0.2) is 24.3 Å². The zero-order valence-electron chi connectivity index (χ0n) is 8.95. The average molecular weight is 215 g/mol. The van der Waals surface area contributed by atoms with Gasteiger partial charge in [0.1, 0.15) is 0 Å². The maximum atomic E-state index is 6.81. The van der Waals surface area contributed by atoms with Crippen LogP contribution >= 0.6 is 11.8 Å². The number of hydrogen-bond donors (Lipinski definition) is 0. The maximum Gasteiger partial charge on any atom is 0.187 e. The number of hydrogen-bond acceptors (Lipinski definition) is 1. The fraction of sp³-hybridized carbons (Fsp3) is 0.308. The zero-order valence-corrected chi connectivity index (χ0v) is 9.77. The van der Waals surface area contributed by atoms with Crippen LogP contribution in [0.3, 0.4) is 0 Å². The van der Waals surface area contributed by atoms with E-state index in [9.17, 15) is 0 Å². The largest absolute Gasteiger partial charge is 0.238 e. The van der Waals surface area contributed by atoms with Gasteiger partial charge in [-0.25, -0.2) is 4.85 Å². The Kier molecular flexibility index (Phi) is 4.81. The first-order chi connectivity index (χ1) is 7.22. The molecule has 0 aliphatic rings. The van der Waals surface area contributed by atoms with E-state index in [2.05, 4.69) is 30.5 Å². The van der Waals surface area contributed by atoms with Crippen molar-refractivity contribution < 1.29 is 0 Å². The minimum Gasteiger partial charge on any atom is -0.238 e. The van der Waals surface area contributed by atoms with Crippen molar-refractivity contribution >= 4 is 17.4 Å². The summed E-state index contributed by atoms with van der Waals surface area (Å²) in [5.41, 5.74) is 1.64. The standard InChI is InChI=1S/C13H13NS/c1-11(2)15-10-4-5-12-6-8-13(14-3)9-7-12/h6-9,11H,10H2,1-2H3. The highest BCUT2D eigenvalue weighted by Gasteiger charge is 1.91. The molecule has 1 nitrogen and oxygen atoms in total. The monoisotopic (exact) mass is 215 g/mol. The van der Waals surface area contributed by atoms with E-state index in [1.165, 1.54) is 0 Å². The lowest BCUT2D eigenvalue weighted by atomic mass is 10.2. The van der Waals surface area contributed by atoms with E-state index >= 15 is 0 Å². The molecule has 2 heteroatoms. The quantitative estimate of drug-likeness (QED) is 0.537. The molecule has 0 atom stereocenters. The summed E-state index contributed by atoms with van der Waals surface area (Å²) in [5, 5.41) is 0.629. The first-order valence-corrected chi connectivity index (χ1v) is 5.85. The smallest absolute Gasteiger partial charge is 0.187 e. The van der Waals surface area contributed by atoms with E-state index in [0.29, 0.717) is 10.9 Å². The minimum atomic E-state index is 0.629. The van der Waals surface area contributed by atoms with Crippen LogP contribution in [0.1, 0.15) is 19.4 Å². The molecule has 0 fully saturated rings. The van der Waals surface area contributed by atoms with Crippen LogP contribution in [0.5, 0.6) is 0 Å². The number of nitrogens with zero attached hydrogens (tertiary/aromatic N) is 1. The van der Waals surface area contributed by atoms with Crippen LogP contribution in [-0.2, 0) is 0 Å². The van der Waals surface area contributed by atoms with Crippen LogP contribution < -0.4 is 0 Å². The van der Waals surface area contributed by atoms with Crippen LogP contribution in [0.2, 0.25) is 0 Å². The molecule has 0 aliphatic carbocycles. The van der Waals surface area contributed by atoms with Crippen molar-refractivity contribution in [1.29, 1.82) is 0 Å². The van der Waals surface area contributed by atoms with E-state index in [-0.39, 0.29) is 0 Å². The third kappa shape index (κ3) is 4.58. The Bertz CT molecular complexity index is 401. The second-order valence-electron chi connectivity index (χ2n) is 3.32. The molecule has 0 bridgehead atoms. The van der Waals surface area contributed by atoms with Crippen molar-refractivity contribution in [3.8, 4) is 11.8 Å². The van der Waals surface area contributed by atoms with Gasteiger partial charge in [0, 0.05) is 5.56 Å². The van der Waals surface area contributed by atoms with E-state index in [1.807, 2.05) is 23.9 Å². The van der Waals surface area contributed by atoms with Crippen molar-refractivity contribution in [3.63, 3.8) is 0 Å². The van der Waals surface area contributed by atoms with Gasteiger partial charge in [-0.15, -0.1) is 11.8 Å². The Hall–Kier alpha value is -1.38. The molecular weight excluding hydrogens is 202 g/mol. The summed E-state index contributed by atoms with van der Waals surface area (Å²) in [7, 11) is 0. The second kappa shape index (κ2) is 6.17. The highest BCUT2D eigenvalue weighted by Crippen LogP contribution is 2.12. The summed E-state index contributed by atoms with van der Waals surface area (Å²) in [6.45, 7) is 11.1. The molecule has 76 valence electrons. The Labute approximate surface area is 95.7 Å². The van der Waals surface area contributed by atoms with Crippen molar-refractivity contribution in [2.24, 2.45) is 0 Å². The van der Waals surface area contributed by atoms with E-state index in [0.717, 1.165) is 11.3 Å². The van der Waals surface area contributed by atoms with Crippen molar-refractivity contribution in [2.45, 2.75) is 19.1 Å². The average Bonchev–Trinajstić information content (AvgIpc) is 2.25. The number of thioether (sulfide) groups is 1. The molecule has 1 rings (SSSR count). The molecule has 1 aromatic carbocycles. The summed E-state index contributed by atoms with van der Waals surface area (Å²) in [6, 6.07) is 7.38. The summed E-state index contributed by atoms with van der Waals surface area (Å²) in [5.74, 6) is 7.05. The lowest BCUT2D eigenvalue weighted by Gasteiger charge is -1.97. The molecule has 0 aliphatic heterocycles. The molecule has 0 spiro atoms. The van der Waals surface area contributed by atoms with Crippen LogP contribution in [0.4, 0.5) is 5.69 Å². The van der Waals surface area contributed by atoms with Gasteiger partial charge in [0.05, 0.1) is 12.3 Å². The topological polar surface area (TPSA) is 4.36 Å². The summed E-state index contributed by atoms with van der Waals surface area (Å²) in [4.78, 5) is 3.33. The van der Waals surface area contributed by atoms with Crippen LogP contribution in [-0.4, -0.2) is 11.0 Å². The second-order valence-corrected chi connectivity index (χ2v) is 4.89. The van der Waals surface area contributed by atoms with Gasteiger partial charge < -0.3 is 0 Å². The predicted molar refractivity (Wildman–Crippen MR) is 67.2 cm³/mol. The summed E-state index contributed by atoms with van der Waals surface area (Å²) in [6.07, 6.45) is 0. The van der Waals surface area contributed by atoms with Gasteiger partial charge >= 0.3 is 0 Å². The van der Waals surface area contributed by atoms with Gasteiger partial charge in [-0.05, 0) is 5.25 Å². The van der Waals surface area contributed by atoms with Crippen LogP contribution in [0, 0.1) is 18.4 Å². The van der Waals surface area contributed by atoms with Crippen molar-refractivity contribution in [2.75, 3.05) is 5.75 Å². The van der Waals surface area contributed by atoms with E-state index in [4.69, 9.17) is 6.57 Å². The summed E-state index contributed by atoms with van der Waals surface area (Å²) < 4.78 is 0. The number of rotatable bonds is 2. The van der Waals surface area contributed by atoms with Crippen LogP contribution in [0.25, 0.3) is 4.85 Å². The maximum absolute atomic E-state index is 6.81. The van der Waals surface area contributed by atoms with E-state index in [1.54, 1.807) is 12.1 Å². The Morgan fingerprint density at radius 1 is 1.33 bits per heavy atom. The van der Waals surface area contributed by atoms with E-state index < -0.39 is 0 Å². The summed E-state index contributed by atoms with van der Waals surface area (Å²) >= 11 is 1.84. The molecule has 0 amide bonds. The Morgan fingerprint density at radius 3 is 2.53 bits per heavy atom. The molecule has 0 unspecified atom stereocenters. The minimum absolute atomic E-state index is 0.629. The highest BCUT2D eigenvalue weighted by atomic mass is 32.2. The van der Waals surface area contributed by atoms with Gasteiger partial charge in [-0.2, -0.15) is 0 Å². The zero-order chi connectivity index (χ0) is 11.1. The fourth-order valence-corrected chi connectivity index (χ4v) is 1.45. The van der Waals surface area contributed by atoms with Gasteiger partial charge in [0.15, 0.2) is 5.69 Å². The van der Waals surface area contributed by atoms with Gasteiger partial charge in [-0.3, -0.25) is 0 Å². The highest BCUT2D eigenvalue weighted by molar-refractivity contribution is 8.00. The predicted octanol–water partition coefficient (Wildman–Crippen LogP) is 3.73. The molecule has 0 aromatic heterocycles. The normalized spacial score (nSPS) is 9.20. The molecule has 0 N–H and O–H groups in total. The molecule has 0 saturated carbocycles. The van der Waals surface area contributed by atoms with Gasteiger partial charge in [-0.1, -0.05) is 50.0 Å². The molecular formula is C13H13NS. The first-order valence-electron chi connectivity index (χ1n) is 4.80.